The van der Waals surface area contributed by atoms with E-state index in [1.165, 1.54) is 11.6 Å². The number of rotatable bonds is 6. The van der Waals surface area contributed by atoms with Crippen molar-refractivity contribution in [2.75, 3.05) is 11.1 Å². The first-order valence-electron chi connectivity index (χ1n) is 6.73. The summed E-state index contributed by atoms with van der Waals surface area (Å²) in [6.07, 6.45) is 7.47. The molecule has 1 aromatic heterocycles. The lowest BCUT2D eigenvalue weighted by Crippen LogP contribution is -2.41. The number of aromatic nitrogens is 2. The minimum Gasteiger partial charge on any atom is -0.383 e. The fourth-order valence-electron chi connectivity index (χ4n) is 1.93. The smallest absolute Gasteiger partial charge is 0.332 e. The Morgan fingerprint density at radius 2 is 2.10 bits per heavy atom. The van der Waals surface area contributed by atoms with Gasteiger partial charge in [0.15, 0.2) is 0 Å². The van der Waals surface area contributed by atoms with E-state index in [2.05, 4.69) is 11.2 Å². The van der Waals surface area contributed by atoms with Crippen LogP contribution in [0, 0.1) is 12.3 Å². The van der Waals surface area contributed by atoms with Crippen molar-refractivity contribution in [3.05, 3.63) is 20.8 Å². The van der Waals surface area contributed by atoms with Gasteiger partial charge in [0.05, 0.1) is 0 Å². The monoisotopic (exact) mass is 278 g/mol. The zero-order valence-electron chi connectivity index (χ0n) is 12.3. The molecule has 1 rings (SSSR count). The lowest BCUT2D eigenvalue weighted by atomic mass is 10.2. The quantitative estimate of drug-likeness (QED) is 0.752. The van der Waals surface area contributed by atoms with E-state index in [0.717, 1.165) is 17.4 Å². The van der Waals surface area contributed by atoms with Gasteiger partial charge in [-0.15, -0.1) is 12.3 Å². The first-order valence-corrected chi connectivity index (χ1v) is 6.73. The number of nitrogens with one attached hydrogen (secondary N) is 1. The van der Waals surface area contributed by atoms with Gasteiger partial charge in [0.1, 0.15) is 11.5 Å². The maximum absolute atomic E-state index is 12.1. The Balaban J connectivity index is 3.30. The van der Waals surface area contributed by atoms with Crippen LogP contribution in [0.4, 0.5) is 11.5 Å². The summed E-state index contributed by atoms with van der Waals surface area (Å²) in [4.78, 5) is 24.2. The molecule has 3 N–H and O–H groups in total. The summed E-state index contributed by atoms with van der Waals surface area (Å²) in [6.45, 7) is 4.38. The molecular weight excluding hydrogens is 256 g/mol. The normalized spacial score (nSPS) is 11.9. The minimum absolute atomic E-state index is 0.0906. The summed E-state index contributed by atoms with van der Waals surface area (Å²) in [5, 5.41) is 3.00. The number of nitrogens with zero attached hydrogens (tertiary/aromatic N) is 2. The van der Waals surface area contributed by atoms with Crippen LogP contribution in [0.2, 0.25) is 0 Å². The highest BCUT2D eigenvalue weighted by Gasteiger charge is 2.16. The van der Waals surface area contributed by atoms with Gasteiger partial charge in [0.25, 0.3) is 5.56 Å². The van der Waals surface area contributed by atoms with E-state index in [-0.39, 0.29) is 17.5 Å². The molecule has 0 aromatic carbocycles. The van der Waals surface area contributed by atoms with Gasteiger partial charge in [-0.1, -0.05) is 13.3 Å². The van der Waals surface area contributed by atoms with Crippen LogP contribution in [0.3, 0.4) is 0 Å². The molecule has 0 bridgehead atoms. The number of nitrogen functional groups attached to an aromatic ring is 1. The van der Waals surface area contributed by atoms with Crippen molar-refractivity contribution in [1.29, 1.82) is 0 Å². The fraction of sp³-hybridized carbons (Fsp3) is 0.571. The van der Waals surface area contributed by atoms with Crippen molar-refractivity contribution in [2.45, 2.75) is 45.7 Å². The molecule has 0 aliphatic heterocycles. The summed E-state index contributed by atoms with van der Waals surface area (Å²) in [5.74, 6) is 2.70. The lowest BCUT2D eigenvalue weighted by molar-refractivity contribution is 0.574. The van der Waals surface area contributed by atoms with E-state index in [0.29, 0.717) is 13.0 Å². The number of hydrogen-bond donors (Lipinski definition) is 2. The molecule has 0 aliphatic carbocycles. The van der Waals surface area contributed by atoms with Gasteiger partial charge in [-0.05, 0) is 13.3 Å². The maximum atomic E-state index is 12.1. The number of hydrogen-bond acceptors (Lipinski definition) is 4. The van der Waals surface area contributed by atoms with Gasteiger partial charge in [-0.2, -0.15) is 0 Å². The Morgan fingerprint density at radius 1 is 1.45 bits per heavy atom. The molecule has 6 nitrogen and oxygen atoms in total. The fourth-order valence-corrected chi connectivity index (χ4v) is 1.93. The Kier molecular flexibility index (Phi) is 5.44. The molecule has 0 saturated carbocycles. The van der Waals surface area contributed by atoms with Crippen LogP contribution in [-0.2, 0) is 13.6 Å². The number of unbranched alkanes of at least 4 members (excludes halogenated alkanes) is 1. The number of nitrogens with two attached hydrogens (primary N) is 1. The van der Waals surface area contributed by atoms with Crippen LogP contribution < -0.4 is 22.3 Å². The van der Waals surface area contributed by atoms with Crippen molar-refractivity contribution < 1.29 is 0 Å². The summed E-state index contributed by atoms with van der Waals surface area (Å²) in [7, 11) is 1.45. The van der Waals surface area contributed by atoms with Gasteiger partial charge in [-0.25, -0.2) is 4.79 Å². The second-order valence-corrected chi connectivity index (χ2v) is 4.87. The minimum atomic E-state index is -0.427. The molecule has 0 aliphatic rings. The molecule has 1 unspecified atom stereocenters. The molecule has 20 heavy (non-hydrogen) atoms. The first-order chi connectivity index (χ1) is 9.43. The average Bonchev–Trinajstić information content (AvgIpc) is 2.42. The predicted molar refractivity (Wildman–Crippen MR) is 81.8 cm³/mol. The zero-order chi connectivity index (χ0) is 15.3. The molecule has 0 radical (unpaired) electrons. The summed E-state index contributed by atoms with van der Waals surface area (Å²) in [6, 6.07) is -0.0906. The van der Waals surface area contributed by atoms with E-state index < -0.39 is 11.2 Å². The summed E-state index contributed by atoms with van der Waals surface area (Å²) >= 11 is 0. The first kappa shape index (κ1) is 15.9. The molecule has 0 fully saturated rings. The Labute approximate surface area is 118 Å². The van der Waals surface area contributed by atoms with Gasteiger partial charge in [0, 0.05) is 26.1 Å². The predicted octanol–water partition coefficient (Wildman–Crippen LogP) is 0.753. The van der Waals surface area contributed by atoms with Crippen molar-refractivity contribution >= 4 is 11.5 Å². The van der Waals surface area contributed by atoms with Crippen LogP contribution in [0.5, 0.6) is 0 Å². The highest BCUT2D eigenvalue weighted by atomic mass is 16.2. The number of anilines is 2. The van der Waals surface area contributed by atoms with Crippen molar-refractivity contribution in [3.8, 4) is 12.3 Å². The molecule has 1 heterocycles. The van der Waals surface area contributed by atoms with Crippen LogP contribution >= 0.6 is 0 Å². The largest absolute Gasteiger partial charge is 0.383 e. The third kappa shape index (κ3) is 3.23. The highest BCUT2D eigenvalue weighted by Crippen LogP contribution is 2.13. The topological polar surface area (TPSA) is 82.0 Å². The SMILES string of the molecule is C#CCC(C)Nc1c(N)n(CCCC)c(=O)n(C)c1=O. The van der Waals surface area contributed by atoms with Gasteiger partial charge in [-0.3, -0.25) is 13.9 Å². The molecule has 1 aromatic rings. The standard InChI is InChI=1S/C14H22N4O2/c1-5-7-9-18-12(15)11(16-10(3)8-6-2)13(19)17(4)14(18)20/h2,10,16H,5,7-9,15H2,1,3-4H3. The van der Waals surface area contributed by atoms with E-state index in [1.807, 2.05) is 13.8 Å². The molecule has 1 atom stereocenters. The third-order valence-electron chi connectivity index (χ3n) is 3.13. The van der Waals surface area contributed by atoms with E-state index >= 15 is 0 Å². The van der Waals surface area contributed by atoms with E-state index in [4.69, 9.17) is 12.2 Å². The zero-order valence-corrected chi connectivity index (χ0v) is 12.3. The van der Waals surface area contributed by atoms with Crippen LogP contribution in [0.1, 0.15) is 33.1 Å². The maximum Gasteiger partial charge on any atom is 0.332 e. The molecule has 6 heteroatoms. The second-order valence-electron chi connectivity index (χ2n) is 4.87. The molecule has 0 saturated heterocycles. The van der Waals surface area contributed by atoms with Gasteiger partial charge >= 0.3 is 5.69 Å². The molecule has 0 amide bonds. The molecule has 110 valence electrons. The van der Waals surface area contributed by atoms with Crippen LogP contribution in [0.15, 0.2) is 9.59 Å². The van der Waals surface area contributed by atoms with Crippen LogP contribution in [0.25, 0.3) is 0 Å². The van der Waals surface area contributed by atoms with Crippen molar-refractivity contribution in [2.24, 2.45) is 7.05 Å². The lowest BCUT2D eigenvalue weighted by Gasteiger charge is -2.18. The Bertz CT molecular complexity index is 622. The van der Waals surface area contributed by atoms with E-state index in [1.54, 1.807) is 0 Å². The van der Waals surface area contributed by atoms with Gasteiger partial charge < -0.3 is 11.1 Å². The Hall–Kier alpha value is -2.16. The van der Waals surface area contributed by atoms with Crippen molar-refractivity contribution in [1.82, 2.24) is 9.13 Å². The van der Waals surface area contributed by atoms with Crippen molar-refractivity contribution in [3.63, 3.8) is 0 Å². The summed E-state index contributed by atoms with van der Waals surface area (Å²) < 4.78 is 2.49. The summed E-state index contributed by atoms with van der Waals surface area (Å²) in [5.41, 5.74) is 5.40. The Morgan fingerprint density at radius 3 is 2.65 bits per heavy atom. The molecule has 0 spiro atoms. The highest BCUT2D eigenvalue weighted by molar-refractivity contribution is 5.61. The molecular formula is C14H22N4O2. The van der Waals surface area contributed by atoms with Gasteiger partial charge in [0.2, 0.25) is 0 Å². The van der Waals surface area contributed by atoms with E-state index in [9.17, 15) is 9.59 Å². The third-order valence-corrected chi connectivity index (χ3v) is 3.13. The second kappa shape index (κ2) is 6.85. The number of terminal acetylenes is 1. The van der Waals surface area contributed by atoms with Crippen LogP contribution in [-0.4, -0.2) is 15.2 Å². The average molecular weight is 278 g/mol.